The molecule has 8 heteroatoms. The fourth-order valence-corrected chi connectivity index (χ4v) is 2.32. The van der Waals surface area contributed by atoms with Gasteiger partial charge in [-0.05, 0) is 30.5 Å². The number of aromatic hydroxyl groups is 1. The molecule has 120 valence electrons. The summed E-state index contributed by atoms with van der Waals surface area (Å²) >= 11 is 0. The van der Waals surface area contributed by atoms with E-state index in [1.54, 1.807) is 18.2 Å². The van der Waals surface area contributed by atoms with E-state index >= 15 is 0 Å². The summed E-state index contributed by atoms with van der Waals surface area (Å²) in [5, 5.41) is 20.4. The molecule has 2 aromatic rings. The van der Waals surface area contributed by atoms with Crippen LogP contribution in [0.2, 0.25) is 0 Å². The van der Waals surface area contributed by atoms with Crippen LogP contribution in [0.1, 0.15) is 18.4 Å². The van der Waals surface area contributed by atoms with E-state index in [4.69, 9.17) is 4.74 Å². The number of hydrogen-bond acceptors (Lipinski definition) is 7. The molecule has 0 saturated heterocycles. The molecular weight excluding hydrogens is 300 g/mol. The minimum absolute atomic E-state index is 0.0841. The van der Waals surface area contributed by atoms with E-state index in [9.17, 15) is 15.2 Å². The highest BCUT2D eigenvalue weighted by molar-refractivity contribution is 5.44. The summed E-state index contributed by atoms with van der Waals surface area (Å²) in [6.45, 7) is 0.541. The molecule has 0 unspecified atom stereocenters. The molecule has 1 aromatic heterocycles. The maximum absolute atomic E-state index is 10.7. The Bertz CT molecular complexity index is 716. The summed E-state index contributed by atoms with van der Waals surface area (Å²) in [7, 11) is 1.50. The lowest BCUT2D eigenvalue weighted by atomic mass is 10.2. The maximum atomic E-state index is 10.7. The average molecular weight is 316 g/mol. The van der Waals surface area contributed by atoms with E-state index < -0.39 is 4.92 Å². The smallest absolute Gasteiger partial charge is 0.305 e. The third-order valence-corrected chi connectivity index (χ3v) is 3.68. The number of rotatable bonds is 6. The molecule has 0 radical (unpaired) electrons. The number of nitrogens with zero attached hydrogens (tertiary/aromatic N) is 4. The summed E-state index contributed by atoms with van der Waals surface area (Å²) in [4.78, 5) is 20.4. The van der Waals surface area contributed by atoms with Crippen LogP contribution in [-0.2, 0) is 6.54 Å². The van der Waals surface area contributed by atoms with Crippen LogP contribution in [0, 0.1) is 10.1 Å². The standard InChI is InChI=1S/C15H16N4O4/c1-23-14-6-10(2-5-13(14)20)9-18(11-3-4-11)15-16-7-12(8-17-15)19(21)22/h2,5-8,11,20H,3-4,9H2,1H3. The number of methoxy groups -OCH3 is 1. The second-order valence-electron chi connectivity index (χ2n) is 5.36. The number of aromatic nitrogens is 2. The molecule has 0 bridgehead atoms. The second-order valence-corrected chi connectivity index (χ2v) is 5.36. The van der Waals surface area contributed by atoms with Gasteiger partial charge in [0, 0.05) is 12.6 Å². The van der Waals surface area contributed by atoms with Gasteiger partial charge in [-0.3, -0.25) is 10.1 Å². The summed E-state index contributed by atoms with van der Waals surface area (Å²) in [5.41, 5.74) is 0.810. The lowest BCUT2D eigenvalue weighted by Gasteiger charge is -2.22. The summed E-state index contributed by atoms with van der Waals surface area (Å²) < 4.78 is 5.12. The Morgan fingerprint density at radius 1 is 1.39 bits per heavy atom. The topological polar surface area (TPSA) is 102 Å². The van der Waals surface area contributed by atoms with Crippen molar-refractivity contribution in [1.29, 1.82) is 0 Å². The first kappa shape index (κ1) is 15.0. The van der Waals surface area contributed by atoms with Crippen molar-refractivity contribution < 1.29 is 14.8 Å². The van der Waals surface area contributed by atoms with Gasteiger partial charge in [0.05, 0.1) is 12.0 Å². The van der Waals surface area contributed by atoms with E-state index in [2.05, 4.69) is 9.97 Å². The minimum Gasteiger partial charge on any atom is -0.504 e. The fourth-order valence-electron chi connectivity index (χ4n) is 2.32. The van der Waals surface area contributed by atoms with Crippen molar-refractivity contribution in [3.63, 3.8) is 0 Å². The fraction of sp³-hybridized carbons (Fsp3) is 0.333. The van der Waals surface area contributed by atoms with Gasteiger partial charge in [0.1, 0.15) is 12.4 Å². The van der Waals surface area contributed by atoms with E-state index in [1.807, 2.05) is 4.90 Å². The second kappa shape index (κ2) is 6.07. The number of ether oxygens (including phenoxy) is 1. The monoisotopic (exact) mass is 316 g/mol. The van der Waals surface area contributed by atoms with Crippen molar-refractivity contribution >= 4 is 11.6 Å². The highest BCUT2D eigenvalue weighted by Gasteiger charge is 2.31. The highest BCUT2D eigenvalue weighted by Crippen LogP contribution is 2.33. The van der Waals surface area contributed by atoms with Crippen LogP contribution in [0.15, 0.2) is 30.6 Å². The molecule has 1 N–H and O–H groups in total. The molecule has 0 atom stereocenters. The highest BCUT2D eigenvalue weighted by atomic mass is 16.6. The molecule has 0 aliphatic heterocycles. The SMILES string of the molecule is COc1cc(CN(c2ncc([N+](=O)[O-])cn2)C2CC2)ccc1O. The molecule has 1 aliphatic carbocycles. The van der Waals surface area contributed by atoms with Gasteiger partial charge in [-0.1, -0.05) is 6.07 Å². The van der Waals surface area contributed by atoms with Gasteiger partial charge in [-0.25, -0.2) is 9.97 Å². The van der Waals surface area contributed by atoms with Crippen molar-refractivity contribution in [2.24, 2.45) is 0 Å². The van der Waals surface area contributed by atoms with Gasteiger partial charge in [0.2, 0.25) is 5.95 Å². The minimum atomic E-state index is -0.518. The van der Waals surface area contributed by atoms with Crippen molar-refractivity contribution in [2.45, 2.75) is 25.4 Å². The number of nitro groups is 1. The van der Waals surface area contributed by atoms with E-state index in [0.29, 0.717) is 24.3 Å². The predicted molar refractivity (Wildman–Crippen MR) is 82.6 cm³/mol. The molecule has 8 nitrogen and oxygen atoms in total. The quantitative estimate of drug-likeness (QED) is 0.644. The summed E-state index contributed by atoms with van der Waals surface area (Å²) in [5.74, 6) is 0.953. The Morgan fingerprint density at radius 3 is 2.65 bits per heavy atom. The molecule has 1 heterocycles. The van der Waals surface area contributed by atoms with E-state index in [-0.39, 0.29) is 11.4 Å². The van der Waals surface area contributed by atoms with Crippen LogP contribution in [0.3, 0.4) is 0 Å². The zero-order valence-corrected chi connectivity index (χ0v) is 12.5. The van der Waals surface area contributed by atoms with Crippen LogP contribution in [0.4, 0.5) is 11.6 Å². The van der Waals surface area contributed by atoms with E-state index in [0.717, 1.165) is 18.4 Å². The lowest BCUT2D eigenvalue weighted by molar-refractivity contribution is -0.385. The molecule has 3 rings (SSSR count). The number of phenolic OH excluding ortho intramolecular Hbond substituents is 1. The van der Waals surface area contributed by atoms with Crippen molar-refractivity contribution in [2.75, 3.05) is 12.0 Å². The molecule has 23 heavy (non-hydrogen) atoms. The third-order valence-electron chi connectivity index (χ3n) is 3.68. The number of phenols is 1. The third kappa shape index (κ3) is 3.31. The largest absolute Gasteiger partial charge is 0.504 e. The Balaban J connectivity index is 1.83. The molecule has 1 aromatic carbocycles. The Morgan fingerprint density at radius 2 is 2.09 bits per heavy atom. The van der Waals surface area contributed by atoms with E-state index in [1.165, 1.54) is 19.5 Å². The first-order valence-electron chi connectivity index (χ1n) is 7.17. The normalized spacial score (nSPS) is 13.6. The predicted octanol–water partition coefficient (Wildman–Crippen LogP) is 2.27. The molecule has 0 amide bonds. The van der Waals surface area contributed by atoms with Crippen LogP contribution in [-0.4, -0.2) is 33.1 Å². The summed E-state index contributed by atoms with van der Waals surface area (Å²) in [6.07, 6.45) is 4.51. The van der Waals surface area contributed by atoms with Crippen LogP contribution >= 0.6 is 0 Å². The van der Waals surface area contributed by atoms with Gasteiger partial charge in [-0.15, -0.1) is 0 Å². The van der Waals surface area contributed by atoms with Crippen molar-refractivity contribution in [1.82, 2.24) is 9.97 Å². The Labute approximate surface area is 132 Å². The number of benzene rings is 1. The molecule has 0 spiro atoms. The van der Waals surface area contributed by atoms with Crippen LogP contribution in [0.5, 0.6) is 11.5 Å². The summed E-state index contributed by atoms with van der Waals surface area (Å²) in [6, 6.07) is 5.47. The van der Waals surface area contributed by atoms with Gasteiger partial charge in [0.25, 0.3) is 0 Å². The molecule has 1 aliphatic rings. The van der Waals surface area contributed by atoms with Crippen LogP contribution in [0.25, 0.3) is 0 Å². The van der Waals surface area contributed by atoms with Crippen molar-refractivity contribution in [3.8, 4) is 11.5 Å². The first-order valence-corrected chi connectivity index (χ1v) is 7.17. The Hall–Kier alpha value is -2.90. The molecular formula is C15H16N4O4. The Kier molecular flexibility index (Phi) is 3.96. The van der Waals surface area contributed by atoms with Crippen LogP contribution < -0.4 is 9.64 Å². The maximum Gasteiger partial charge on any atom is 0.305 e. The van der Waals surface area contributed by atoms with Crippen molar-refractivity contribution in [3.05, 3.63) is 46.3 Å². The molecule has 1 fully saturated rings. The first-order chi connectivity index (χ1) is 11.1. The zero-order valence-electron chi connectivity index (χ0n) is 12.5. The van der Waals surface area contributed by atoms with Gasteiger partial charge in [0.15, 0.2) is 11.5 Å². The van der Waals surface area contributed by atoms with Gasteiger partial charge >= 0.3 is 5.69 Å². The van der Waals surface area contributed by atoms with Gasteiger partial charge < -0.3 is 14.7 Å². The molecule has 1 saturated carbocycles. The number of hydrogen-bond donors (Lipinski definition) is 1. The zero-order chi connectivity index (χ0) is 16.4. The average Bonchev–Trinajstić information content (AvgIpc) is 3.39. The lowest BCUT2D eigenvalue weighted by Crippen LogP contribution is -2.27. The van der Waals surface area contributed by atoms with Gasteiger partial charge in [-0.2, -0.15) is 0 Å². The number of anilines is 1.